The van der Waals surface area contributed by atoms with E-state index in [-0.39, 0.29) is 6.61 Å². The highest BCUT2D eigenvalue weighted by atomic mass is 35.5. The van der Waals surface area contributed by atoms with E-state index in [4.69, 9.17) is 25.3 Å². The second kappa shape index (κ2) is 6.87. The van der Waals surface area contributed by atoms with Crippen molar-refractivity contribution in [3.05, 3.63) is 34.9 Å². The fourth-order valence-electron chi connectivity index (χ4n) is 1.45. The molecule has 0 aliphatic heterocycles. The largest absolute Gasteiger partial charge is 0.354 e. The van der Waals surface area contributed by atoms with E-state index in [1.54, 1.807) is 38.1 Å². The molecule has 1 aromatic carbocycles. The van der Waals surface area contributed by atoms with E-state index in [0.717, 1.165) is 11.8 Å². The van der Waals surface area contributed by atoms with E-state index in [2.05, 4.69) is 0 Å². The van der Waals surface area contributed by atoms with Crippen molar-refractivity contribution in [3.8, 4) is 0 Å². The predicted octanol–water partition coefficient (Wildman–Crippen LogP) is 2.76. The summed E-state index contributed by atoms with van der Waals surface area (Å²) in [5, 5.41) is 0.586. The number of hydrogen-bond donors (Lipinski definition) is 0. The first-order valence-corrected chi connectivity index (χ1v) is 8.15. The summed E-state index contributed by atoms with van der Waals surface area (Å²) in [5.41, 5.74) is 0.753. The topological polar surface area (TPSA) is 61.8 Å². The molecule has 7 heteroatoms. The molecule has 0 spiro atoms. The van der Waals surface area contributed by atoms with Gasteiger partial charge in [0.25, 0.3) is 10.1 Å². The van der Waals surface area contributed by atoms with Gasteiger partial charge < -0.3 is 9.47 Å². The van der Waals surface area contributed by atoms with Crippen LogP contribution < -0.4 is 0 Å². The van der Waals surface area contributed by atoms with E-state index in [9.17, 15) is 8.42 Å². The number of hydrogen-bond acceptors (Lipinski definition) is 5. The third-order valence-electron chi connectivity index (χ3n) is 2.59. The zero-order valence-electron chi connectivity index (χ0n) is 11.9. The molecule has 0 saturated carbocycles. The molecule has 0 aliphatic rings. The lowest BCUT2D eigenvalue weighted by atomic mass is 10.1. The summed E-state index contributed by atoms with van der Waals surface area (Å²) in [6, 6.07) is 6.91. The molecular formula is C13H19ClO5S. The van der Waals surface area contributed by atoms with Crippen LogP contribution in [0.3, 0.4) is 0 Å². The van der Waals surface area contributed by atoms with Gasteiger partial charge in [-0.15, -0.1) is 0 Å². The van der Waals surface area contributed by atoms with Gasteiger partial charge in [-0.25, -0.2) is 0 Å². The molecule has 1 rings (SSSR count). The molecule has 0 heterocycles. The Balaban J connectivity index is 2.91. The SMILES string of the molecule is COC(C)(C)O[C@H](COS(C)(=O)=O)c1ccc(Cl)cc1. The molecule has 0 fully saturated rings. The quantitative estimate of drug-likeness (QED) is 0.570. The Hall–Kier alpha value is -0.660. The third-order valence-corrected chi connectivity index (χ3v) is 3.41. The first-order valence-electron chi connectivity index (χ1n) is 5.96. The summed E-state index contributed by atoms with van der Waals surface area (Å²) in [5.74, 6) is -0.870. The Kier molecular flexibility index (Phi) is 5.97. The van der Waals surface area contributed by atoms with E-state index >= 15 is 0 Å². The Bertz CT molecular complexity index is 524. The highest BCUT2D eigenvalue weighted by molar-refractivity contribution is 7.85. The molecule has 0 N–H and O–H groups in total. The Morgan fingerprint density at radius 3 is 2.25 bits per heavy atom. The van der Waals surface area contributed by atoms with Gasteiger partial charge in [0.1, 0.15) is 6.10 Å². The van der Waals surface area contributed by atoms with Gasteiger partial charge in [-0.05, 0) is 31.5 Å². The molecule has 0 aromatic heterocycles. The summed E-state index contributed by atoms with van der Waals surface area (Å²) in [6.07, 6.45) is 0.407. The first-order chi connectivity index (χ1) is 9.13. The van der Waals surface area contributed by atoms with Crippen molar-refractivity contribution >= 4 is 21.7 Å². The van der Waals surface area contributed by atoms with Crippen LogP contribution in [0.5, 0.6) is 0 Å². The van der Waals surface area contributed by atoms with E-state index in [1.165, 1.54) is 7.11 Å². The monoisotopic (exact) mass is 322 g/mol. The predicted molar refractivity (Wildman–Crippen MR) is 77.2 cm³/mol. The summed E-state index contributed by atoms with van der Waals surface area (Å²) in [6.45, 7) is 3.33. The van der Waals surface area contributed by atoms with Crippen LogP contribution in [0.25, 0.3) is 0 Å². The van der Waals surface area contributed by atoms with Crippen LogP contribution in [-0.4, -0.2) is 34.2 Å². The maximum absolute atomic E-state index is 11.1. The number of rotatable bonds is 7. The molecule has 1 atom stereocenters. The lowest BCUT2D eigenvalue weighted by Crippen LogP contribution is -2.31. The van der Waals surface area contributed by atoms with E-state index < -0.39 is 22.0 Å². The third kappa shape index (κ3) is 6.19. The molecule has 1 aromatic rings. The van der Waals surface area contributed by atoms with Gasteiger partial charge in [0.15, 0.2) is 5.79 Å². The normalized spacial score (nSPS) is 14.2. The van der Waals surface area contributed by atoms with E-state index in [0.29, 0.717) is 5.02 Å². The van der Waals surface area contributed by atoms with Crippen LogP contribution in [-0.2, 0) is 23.8 Å². The Morgan fingerprint density at radius 2 is 1.80 bits per heavy atom. The maximum atomic E-state index is 11.1. The molecule has 0 bridgehead atoms. The van der Waals surface area contributed by atoms with Crippen molar-refractivity contribution in [1.82, 2.24) is 0 Å². The molecule has 0 saturated heterocycles. The summed E-state index contributed by atoms with van der Waals surface area (Å²) >= 11 is 5.83. The standard InChI is InChI=1S/C13H19ClO5S/c1-13(2,17-3)19-12(9-18-20(4,15)16)10-5-7-11(14)8-6-10/h5-8,12H,9H2,1-4H3/t12-/m1/s1. The first kappa shape index (κ1) is 17.4. The van der Waals surface area contributed by atoms with Gasteiger partial charge in [0.2, 0.25) is 0 Å². The van der Waals surface area contributed by atoms with Crippen molar-refractivity contribution in [2.45, 2.75) is 25.7 Å². The number of methoxy groups -OCH3 is 1. The maximum Gasteiger partial charge on any atom is 0.264 e. The van der Waals surface area contributed by atoms with Crippen molar-refractivity contribution in [1.29, 1.82) is 0 Å². The van der Waals surface area contributed by atoms with Crippen LogP contribution in [0.4, 0.5) is 0 Å². The van der Waals surface area contributed by atoms with Crippen molar-refractivity contribution in [3.63, 3.8) is 0 Å². The number of benzene rings is 1. The fourth-order valence-corrected chi connectivity index (χ4v) is 1.95. The average Bonchev–Trinajstić information content (AvgIpc) is 2.34. The second-order valence-electron chi connectivity index (χ2n) is 4.75. The molecule has 0 radical (unpaired) electrons. The van der Waals surface area contributed by atoms with Crippen molar-refractivity contribution < 1.29 is 22.1 Å². The second-order valence-corrected chi connectivity index (χ2v) is 6.83. The fraction of sp³-hybridized carbons (Fsp3) is 0.538. The zero-order chi connectivity index (χ0) is 15.4. The molecule has 114 valence electrons. The highest BCUT2D eigenvalue weighted by Gasteiger charge is 2.25. The van der Waals surface area contributed by atoms with Gasteiger partial charge in [-0.2, -0.15) is 8.42 Å². The molecule has 0 aliphatic carbocycles. The van der Waals surface area contributed by atoms with Gasteiger partial charge in [-0.3, -0.25) is 4.18 Å². The Labute approximate surface area is 124 Å². The lowest BCUT2D eigenvalue weighted by Gasteiger charge is -2.29. The van der Waals surface area contributed by atoms with Crippen LogP contribution in [0.15, 0.2) is 24.3 Å². The van der Waals surface area contributed by atoms with Crippen LogP contribution in [0.2, 0.25) is 5.02 Å². The van der Waals surface area contributed by atoms with Gasteiger partial charge in [-0.1, -0.05) is 23.7 Å². The van der Waals surface area contributed by atoms with Gasteiger partial charge >= 0.3 is 0 Å². The number of halogens is 1. The van der Waals surface area contributed by atoms with Crippen LogP contribution in [0.1, 0.15) is 25.5 Å². The van der Waals surface area contributed by atoms with Crippen molar-refractivity contribution in [2.24, 2.45) is 0 Å². The molecular weight excluding hydrogens is 304 g/mol. The van der Waals surface area contributed by atoms with Gasteiger partial charge in [0.05, 0.1) is 12.9 Å². The zero-order valence-corrected chi connectivity index (χ0v) is 13.5. The minimum atomic E-state index is -3.54. The van der Waals surface area contributed by atoms with Gasteiger partial charge in [0, 0.05) is 12.1 Å². The lowest BCUT2D eigenvalue weighted by molar-refractivity contribution is -0.230. The molecule has 5 nitrogen and oxygen atoms in total. The molecule has 20 heavy (non-hydrogen) atoms. The average molecular weight is 323 g/mol. The Morgan fingerprint density at radius 1 is 1.25 bits per heavy atom. The van der Waals surface area contributed by atoms with Crippen molar-refractivity contribution in [2.75, 3.05) is 20.0 Å². The minimum absolute atomic E-state index is 0.132. The van der Waals surface area contributed by atoms with E-state index in [1.807, 2.05) is 0 Å². The van der Waals surface area contributed by atoms with Crippen LogP contribution in [0, 0.1) is 0 Å². The minimum Gasteiger partial charge on any atom is -0.354 e. The summed E-state index contributed by atoms with van der Waals surface area (Å²) in [4.78, 5) is 0. The molecule has 0 amide bonds. The number of ether oxygens (including phenoxy) is 2. The summed E-state index contributed by atoms with van der Waals surface area (Å²) in [7, 11) is -2.03. The van der Waals surface area contributed by atoms with Crippen LogP contribution >= 0.6 is 11.6 Å². The highest BCUT2D eigenvalue weighted by Crippen LogP contribution is 2.26. The molecule has 0 unspecified atom stereocenters. The smallest absolute Gasteiger partial charge is 0.264 e. The summed E-state index contributed by atoms with van der Waals surface area (Å²) < 4.78 is 38.0.